The topological polar surface area (TPSA) is 84.5 Å². The van der Waals surface area contributed by atoms with E-state index in [1.54, 1.807) is 31.4 Å². The molecule has 0 spiro atoms. The number of hydrogen-bond donors (Lipinski definition) is 2. The number of methoxy groups -OCH3 is 1. The van der Waals surface area contributed by atoms with Gasteiger partial charge in [-0.1, -0.05) is 37.3 Å². The van der Waals surface area contributed by atoms with Crippen LogP contribution < -0.4 is 14.8 Å². The number of rotatable bonds is 9. The van der Waals surface area contributed by atoms with Crippen molar-refractivity contribution >= 4 is 21.6 Å². The maximum atomic E-state index is 12.6. The van der Waals surface area contributed by atoms with Gasteiger partial charge in [-0.25, -0.2) is 8.42 Å². The summed E-state index contributed by atoms with van der Waals surface area (Å²) >= 11 is 0. The molecule has 0 aromatic heterocycles. The largest absolute Gasteiger partial charge is 0.497 e. The van der Waals surface area contributed by atoms with E-state index in [4.69, 9.17) is 4.74 Å². The maximum absolute atomic E-state index is 12.6. The lowest BCUT2D eigenvalue weighted by Crippen LogP contribution is -2.25. The van der Waals surface area contributed by atoms with Gasteiger partial charge in [-0.05, 0) is 66.4 Å². The van der Waals surface area contributed by atoms with E-state index in [0.29, 0.717) is 29.5 Å². The molecule has 0 fully saturated rings. The fraction of sp³-hybridized carbons (Fsp3) is 0.208. The molecule has 162 valence electrons. The molecule has 1 atom stereocenters. The number of benzene rings is 3. The molecule has 0 heterocycles. The summed E-state index contributed by atoms with van der Waals surface area (Å²) in [6.45, 7) is 2.66. The van der Waals surface area contributed by atoms with Crippen LogP contribution in [0.2, 0.25) is 0 Å². The molecule has 0 bridgehead atoms. The van der Waals surface area contributed by atoms with Gasteiger partial charge in [-0.3, -0.25) is 9.52 Å². The van der Waals surface area contributed by atoms with E-state index >= 15 is 0 Å². The van der Waals surface area contributed by atoms with Crippen LogP contribution >= 0.6 is 0 Å². The van der Waals surface area contributed by atoms with Crippen LogP contribution in [0.25, 0.3) is 0 Å². The first-order valence-corrected chi connectivity index (χ1v) is 11.5. The molecular weight excluding hydrogens is 412 g/mol. The lowest BCUT2D eigenvalue weighted by molar-refractivity contribution is 0.0952. The van der Waals surface area contributed by atoms with Crippen LogP contribution in [0, 0.1) is 0 Å². The molecule has 0 radical (unpaired) electrons. The highest BCUT2D eigenvalue weighted by Crippen LogP contribution is 2.20. The van der Waals surface area contributed by atoms with E-state index in [1.807, 2.05) is 18.2 Å². The number of ether oxygens (including phenoxy) is 1. The fourth-order valence-electron chi connectivity index (χ4n) is 3.11. The number of anilines is 1. The predicted molar refractivity (Wildman–Crippen MR) is 122 cm³/mol. The first-order valence-electron chi connectivity index (χ1n) is 9.99. The van der Waals surface area contributed by atoms with Crippen LogP contribution in [-0.4, -0.2) is 28.0 Å². The molecule has 6 nitrogen and oxygen atoms in total. The summed E-state index contributed by atoms with van der Waals surface area (Å²) in [5, 5.41) is 2.89. The van der Waals surface area contributed by atoms with Gasteiger partial charge in [-0.15, -0.1) is 0 Å². The zero-order chi connectivity index (χ0) is 22.3. The van der Waals surface area contributed by atoms with Gasteiger partial charge >= 0.3 is 0 Å². The van der Waals surface area contributed by atoms with E-state index in [2.05, 4.69) is 29.1 Å². The van der Waals surface area contributed by atoms with Crippen LogP contribution in [0.4, 0.5) is 5.69 Å². The van der Waals surface area contributed by atoms with E-state index in [9.17, 15) is 13.2 Å². The van der Waals surface area contributed by atoms with Crippen molar-refractivity contribution in [1.29, 1.82) is 0 Å². The number of carbonyl (C=O) groups excluding carboxylic acids is 1. The average Bonchev–Trinajstić information content (AvgIpc) is 2.80. The average molecular weight is 439 g/mol. The standard InChI is InChI=1S/C24H26N2O4S/c1-18(19-6-4-3-5-7-19)16-17-25-24(27)20-8-14-23(15-9-20)31(28,29)26-21-10-12-22(30-2)13-11-21/h3-15,18,26H,16-17H2,1-2H3,(H,25,27). The summed E-state index contributed by atoms with van der Waals surface area (Å²) < 4.78 is 32.7. The van der Waals surface area contributed by atoms with Crippen molar-refractivity contribution in [3.05, 3.63) is 90.0 Å². The lowest BCUT2D eigenvalue weighted by Gasteiger charge is -2.13. The van der Waals surface area contributed by atoms with Gasteiger partial charge in [0.2, 0.25) is 0 Å². The molecule has 0 aliphatic carbocycles. The molecule has 0 aliphatic heterocycles. The third kappa shape index (κ3) is 6.08. The van der Waals surface area contributed by atoms with Gasteiger partial charge in [0.25, 0.3) is 15.9 Å². The third-order valence-electron chi connectivity index (χ3n) is 5.00. The van der Waals surface area contributed by atoms with E-state index in [-0.39, 0.29) is 10.8 Å². The Hall–Kier alpha value is -3.32. The smallest absolute Gasteiger partial charge is 0.261 e. The monoisotopic (exact) mass is 438 g/mol. The number of sulfonamides is 1. The van der Waals surface area contributed by atoms with Crippen molar-refractivity contribution in [2.24, 2.45) is 0 Å². The minimum absolute atomic E-state index is 0.0811. The molecule has 0 saturated carbocycles. The van der Waals surface area contributed by atoms with E-state index in [1.165, 1.54) is 29.8 Å². The molecule has 1 amide bonds. The van der Waals surface area contributed by atoms with Crippen LogP contribution in [0.5, 0.6) is 5.75 Å². The second-order valence-corrected chi connectivity index (χ2v) is 8.90. The Morgan fingerprint density at radius 1 is 0.935 bits per heavy atom. The summed E-state index contributed by atoms with van der Waals surface area (Å²) in [6, 6.07) is 22.6. The maximum Gasteiger partial charge on any atom is 0.261 e. The highest BCUT2D eigenvalue weighted by atomic mass is 32.2. The quantitative estimate of drug-likeness (QED) is 0.518. The Labute approximate surface area is 183 Å². The molecule has 31 heavy (non-hydrogen) atoms. The van der Waals surface area contributed by atoms with Crippen molar-refractivity contribution in [1.82, 2.24) is 5.32 Å². The summed E-state index contributed by atoms with van der Waals surface area (Å²) in [5.74, 6) is 0.738. The number of carbonyl (C=O) groups is 1. The fourth-order valence-corrected chi connectivity index (χ4v) is 4.17. The molecule has 3 rings (SSSR count). The predicted octanol–water partition coefficient (Wildman–Crippen LogP) is 4.42. The van der Waals surface area contributed by atoms with Crippen LogP contribution in [0.1, 0.15) is 35.2 Å². The first kappa shape index (κ1) is 22.4. The van der Waals surface area contributed by atoms with Crippen molar-refractivity contribution in [3.8, 4) is 5.75 Å². The van der Waals surface area contributed by atoms with E-state index < -0.39 is 10.0 Å². The van der Waals surface area contributed by atoms with Gasteiger partial charge in [0.1, 0.15) is 5.75 Å². The Balaban J connectivity index is 1.56. The second kappa shape index (κ2) is 10.1. The highest BCUT2D eigenvalue weighted by Gasteiger charge is 2.15. The molecule has 3 aromatic rings. The minimum atomic E-state index is -3.76. The van der Waals surface area contributed by atoms with Crippen molar-refractivity contribution in [2.45, 2.75) is 24.2 Å². The van der Waals surface area contributed by atoms with E-state index in [0.717, 1.165) is 6.42 Å². The van der Waals surface area contributed by atoms with Crippen LogP contribution in [-0.2, 0) is 10.0 Å². The zero-order valence-electron chi connectivity index (χ0n) is 17.5. The Morgan fingerprint density at radius 3 is 2.19 bits per heavy atom. The Morgan fingerprint density at radius 2 is 1.58 bits per heavy atom. The highest BCUT2D eigenvalue weighted by molar-refractivity contribution is 7.92. The van der Waals surface area contributed by atoms with Crippen molar-refractivity contribution < 1.29 is 17.9 Å². The molecular formula is C24H26N2O4S. The Bertz CT molecular complexity index is 1100. The normalized spacial score (nSPS) is 12.1. The Kier molecular flexibility index (Phi) is 7.31. The SMILES string of the molecule is COc1ccc(NS(=O)(=O)c2ccc(C(=O)NCCC(C)c3ccccc3)cc2)cc1. The number of nitrogens with one attached hydrogen (secondary N) is 2. The molecule has 1 unspecified atom stereocenters. The summed E-state index contributed by atoms with van der Waals surface area (Å²) in [5.41, 5.74) is 2.07. The molecule has 0 saturated heterocycles. The lowest BCUT2D eigenvalue weighted by atomic mass is 9.98. The van der Waals surface area contributed by atoms with Crippen LogP contribution in [0.3, 0.4) is 0 Å². The van der Waals surface area contributed by atoms with Gasteiger partial charge in [0.15, 0.2) is 0 Å². The molecule has 2 N–H and O–H groups in total. The van der Waals surface area contributed by atoms with Crippen molar-refractivity contribution in [3.63, 3.8) is 0 Å². The number of amides is 1. The van der Waals surface area contributed by atoms with Crippen LogP contribution in [0.15, 0.2) is 83.8 Å². The minimum Gasteiger partial charge on any atom is -0.497 e. The first-order chi connectivity index (χ1) is 14.9. The number of hydrogen-bond acceptors (Lipinski definition) is 4. The summed E-state index contributed by atoms with van der Waals surface area (Å²) in [4.78, 5) is 12.5. The van der Waals surface area contributed by atoms with Gasteiger partial charge < -0.3 is 10.1 Å². The van der Waals surface area contributed by atoms with Gasteiger partial charge in [-0.2, -0.15) is 0 Å². The third-order valence-corrected chi connectivity index (χ3v) is 6.40. The summed E-state index contributed by atoms with van der Waals surface area (Å²) in [6.07, 6.45) is 0.813. The molecule has 3 aromatic carbocycles. The van der Waals surface area contributed by atoms with Gasteiger partial charge in [0, 0.05) is 17.8 Å². The van der Waals surface area contributed by atoms with Gasteiger partial charge in [0.05, 0.1) is 12.0 Å². The second-order valence-electron chi connectivity index (χ2n) is 7.21. The van der Waals surface area contributed by atoms with Crippen molar-refractivity contribution in [2.75, 3.05) is 18.4 Å². The zero-order valence-corrected chi connectivity index (χ0v) is 18.4. The summed E-state index contributed by atoms with van der Waals surface area (Å²) in [7, 11) is -2.21. The molecule has 0 aliphatic rings. The molecule has 7 heteroatoms.